The lowest BCUT2D eigenvalue weighted by atomic mass is 9.91. The Labute approximate surface area is 109 Å². The fourth-order valence-corrected chi connectivity index (χ4v) is 3.39. The Bertz CT molecular complexity index is 384. The second kappa shape index (κ2) is 5.41. The van der Waals surface area contributed by atoms with Gasteiger partial charge in [-0.05, 0) is 44.7 Å². The Morgan fingerprint density at radius 2 is 2.17 bits per heavy atom. The van der Waals surface area contributed by atoms with Gasteiger partial charge in [-0.3, -0.25) is 10.00 Å². The number of hydrogen-bond donors (Lipinski definition) is 1. The SMILES string of the molecule is Cc1cn[nH]c1[C@H]1CCCN(C2CCOCC2)C1. The minimum atomic E-state index is 0.643. The molecular formula is C14H23N3O. The topological polar surface area (TPSA) is 41.2 Å². The number of piperidine rings is 1. The summed E-state index contributed by atoms with van der Waals surface area (Å²) in [6.07, 6.45) is 6.95. The standard InChI is InChI=1S/C14H23N3O/c1-11-9-15-16-14(11)12-3-2-6-17(10-12)13-4-7-18-8-5-13/h9,12-13H,2-8,10H2,1H3,(H,15,16)/t12-/m0/s1. The van der Waals surface area contributed by atoms with Crippen LogP contribution in [-0.2, 0) is 4.74 Å². The number of likely N-dealkylation sites (tertiary alicyclic amines) is 1. The fourth-order valence-electron chi connectivity index (χ4n) is 3.39. The molecule has 2 fully saturated rings. The maximum atomic E-state index is 5.47. The molecule has 1 N–H and O–H groups in total. The van der Waals surface area contributed by atoms with Gasteiger partial charge in [-0.15, -0.1) is 0 Å². The molecule has 0 aliphatic carbocycles. The molecule has 1 atom stereocenters. The van der Waals surface area contributed by atoms with Gasteiger partial charge in [-0.1, -0.05) is 0 Å². The number of nitrogens with one attached hydrogen (secondary N) is 1. The van der Waals surface area contributed by atoms with E-state index in [1.54, 1.807) is 0 Å². The third-order valence-electron chi connectivity index (χ3n) is 4.44. The largest absolute Gasteiger partial charge is 0.381 e. The van der Waals surface area contributed by atoms with E-state index in [-0.39, 0.29) is 0 Å². The summed E-state index contributed by atoms with van der Waals surface area (Å²) in [6.45, 7) is 6.48. The Balaban J connectivity index is 1.66. The van der Waals surface area contributed by atoms with Gasteiger partial charge in [0.25, 0.3) is 0 Å². The normalized spacial score (nSPS) is 27.5. The molecule has 0 radical (unpaired) electrons. The zero-order valence-corrected chi connectivity index (χ0v) is 11.2. The van der Waals surface area contributed by atoms with Crippen LogP contribution in [-0.4, -0.2) is 47.4 Å². The lowest BCUT2D eigenvalue weighted by molar-refractivity contribution is 0.0237. The lowest BCUT2D eigenvalue weighted by Crippen LogP contribution is -2.44. The molecule has 100 valence electrons. The van der Waals surface area contributed by atoms with Crippen molar-refractivity contribution in [3.05, 3.63) is 17.5 Å². The number of aromatic nitrogens is 2. The minimum absolute atomic E-state index is 0.643. The molecule has 2 aliphatic rings. The van der Waals surface area contributed by atoms with Gasteiger partial charge in [0.1, 0.15) is 0 Å². The van der Waals surface area contributed by atoms with E-state index in [9.17, 15) is 0 Å². The van der Waals surface area contributed by atoms with E-state index in [4.69, 9.17) is 4.74 Å². The molecular weight excluding hydrogens is 226 g/mol. The molecule has 4 nitrogen and oxygen atoms in total. The Kier molecular flexibility index (Phi) is 3.66. The van der Waals surface area contributed by atoms with Crippen LogP contribution in [0.1, 0.15) is 42.9 Å². The molecule has 3 heterocycles. The molecule has 2 saturated heterocycles. The van der Waals surface area contributed by atoms with Crippen molar-refractivity contribution in [2.45, 2.75) is 44.6 Å². The molecule has 2 aliphatic heterocycles. The summed E-state index contributed by atoms with van der Waals surface area (Å²) in [5, 5.41) is 7.37. The van der Waals surface area contributed by atoms with E-state index in [0.29, 0.717) is 5.92 Å². The maximum Gasteiger partial charge on any atom is 0.0519 e. The Morgan fingerprint density at radius 1 is 1.33 bits per heavy atom. The van der Waals surface area contributed by atoms with Gasteiger partial charge >= 0.3 is 0 Å². The van der Waals surface area contributed by atoms with Gasteiger partial charge < -0.3 is 4.74 Å². The highest BCUT2D eigenvalue weighted by Gasteiger charge is 2.29. The summed E-state index contributed by atoms with van der Waals surface area (Å²) < 4.78 is 5.47. The van der Waals surface area contributed by atoms with Crippen molar-refractivity contribution in [3.63, 3.8) is 0 Å². The van der Waals surface area contributed by atoms with Gasteiger partial charge in [0.05, 0.1) is 6.20 Å². The fraction of sp³-hybridized carbons (Fsp3) is 0.786. The first-order chi connectivity index (χ1) is 8.84. The van der Waals surface area contributed by atoms with Gasteiger partial charge in [0.2, 0.25) is 0 Å². The molecule has 0 aromatic carbocycles. The van der Waals surface area contributed by atoms with Crippen molar-refractivity contribution < 1.29 is 4.74 Å². The Hall–Kier alpha value is -0.870. The van der Waals surface area contributed by atoms with Crippen LogP contribution in [0.5, 0.6) is 0 Å². The number of hydrogen-bond acceptors (Lipinski definition) is 3. The summed E-state index contributed by atoms with van der Waals surface area (Å²) in [5.74, 6) is 0.643. The monoisotopic (exact) mass is 249 g/mol. The van der Waals surface area contributed by atoms with Crippen molar-refractivity contribution in [3.8, 4) is 0 Å². The molecule has 0 bridgehead atoms. The van der Waals surface area contributed by atoms with E-state index in [0.717, 1.165) is 19.3 Å². The highest BCUT2D eigenvalue weighted by Crippen LogP contribution is 2.30. The highest BCUT2D eigenvalue weighted by molar-refractivity contribution is 5.19. The van der Waals surface area contributed by atoms with E-state index in [1.807, 2.05) is 6.20 Å². The van der Waals surface area contributed by atoms with Crippen LogP contribution in [0.2, 0.25) is 0 Å². The summed E-state index contributed by atoms with van der Waals surface area (Å²) in [6, 6.07) is 0.741. The van der Waals surface area contributed by atoms with Gasteiger partial charge in [-0.25, -0.2) is 0 Å². The van der Waals surface area contributed by atoms with Gasteiger partial charge in [-0.2, -0.15) is 5.10 Å². The molecule has 1 aromatic rings. The first-order valence-electron chi connectivity index (χ1n) is 7.16. The van der Waals surface area contributed by atoms with Crippen LogP contribution in [0, 0.1) is 6.92 Å². The van der Waals surface area contributed by atoms with Crippen molar-refractivity contribution in [1.82, 2.24) is 15.1 Å². The average Bonchev–Trinajstić information content (AvgIpc) is 2.86. The van der Waals surface area contributed by atoms with E-state index in [1.165, 1.54) is 50.0 Å². The molecule has 0 amide bonds. The quantitative estimate of drug-likeness (QED) is 0.872. The van der Waals surface area contributed by atoms with Crippen LogP contribution < -0.4 is 0 Å². The molecule has 3 rings (SSSR count). The van der Waals surface area contributed by atoms with Crippen molar-refractivity contribution in [2.75, 3.05) is 26.3 Å². The molecule has 0 spiro atoms. The zero-order chi connectivity index (χ0) is 12.4. The van der Waals surface area contributed by atoms with Crippen LogP contribution in [0.25, 0.3) is 0 Å². The minimum Gasteiger partial charge on any atom is -0.381 e. The smallest absolute Gasteiger partial charge is 0.0519 e. The molecule has 0 unspecified atom stereocenters. The lowest BCUT2D eigenvalue weighted by Gasteiger charge is -2.39. The van der Waals surface area contributed by atoms with Crippen LogP contribution in [0.15, 0.2) is 6.20 Å². The van der Waals surface area contributed by atoms with E-state index in [2.05, 4.69) is 22.0 Å². The van der Waals surface area contributed by atoms with Gasteiger partial charge in [0, 0.05) is 37.4 Å². The van der Waals surface area contributed by atoms with Crippen LogP contribution in [0.4, 0.5) is 0 Å². The van der Waals surface area contributed by atoms with E-state index < -0.39 is 0 Å². The zero-order valence-electron chi connectivity index (χ0n) is 11.2. The number of ether oxygens (including phenoxy) is 1. The predicted molar refractivity (Wildman–Crippen MR) is 70.7 cm³/mol. The van der Waals surface area contributed by atoms with Crippen LogP contribution >= 0.6 is 0 Å². The summed E-state index contributed by atoms with van der Waals surface area (Å²) in [7, 11) is 0. The summed E-state index contributed by atoms with van der Waals surface area (Å²) in [5.41, 5.74) is 2.67. The molecule has 18 heavy (non-hydrogen) atoms. The third kappa shape index (κ3) is 2.45. The van der Waals surface area contributed by atoms with Crippen molar-refractivity contribution in [2.24, 2.45) is 0 Å². The number of aryl methyl sites for hydroxylation is 1. The molecule has 4 heteroatoms. The molecule has 1 aromatic heterocycles. The average molecular weight is 249 g/mol. The van der Waals surface area contributed by atoms with Crippen LogP contribution in [0.3, 0.4) is 0 Å². The van der Waals surface area contributed by atoms with E-state index >= 15 is 0 Å². The third-order valence-corrected chi connectivity index (χ3v) is 4.44. The number of aromatic amines is 1. The first-order valence-corrected chi connectivity index (χ1v) is 7.16. The van der Waals surface area contributed by atoms with Gasteiger partial charge in [0.15, 0.2) is 0 Å². The number of H-pyrrole nitrogens is 1. The highest BCUT2D eigenvalue weighted by atomic mass is 16.5. The summed E-state index contributed by atoms with van der Waals surface area (Å²) in [4.78, 5) is 2.68. The first kappa shape index (κ1) is 12.2. The van der Waals surface area contributed by atoms with Crippen molar-refractivity contribution in [1.29, 1.82) is 0 Å². The number of nitrogens with zero attached hydrogens (tertiary/aromatic N) is 2. The molecule has 0 saturated carbocycles. The second-order valence-corrected chi connectivity index (χ2v) is 5.64. The second-order valence-electron chi connectivity index (χ2n) is 5.64. The summed E-state index contributed by atoms with van der Waals surface area (Å²) >= 11 is 0. The number of rotatable bonds is 2. The van der Waals surface area contributed by atoms with Crippen molar-refractivity contribution >= 4 is 0 Å². The Morgan fingerprint density at radius 3 is 2.89 bits per heavy atom. The predicted octanol–water partition coefficient (Wildman–Crippen LogP) is 2.08. The maximum absolute atomic E-state index is 5.47.